The minimum absolute atomic E-state index is 0.352. The van der Waals surface area contributed by atoms with Crippen LogP contribution >= 0.6 is 0 Å². The van der Waals surface area contributed by atoms with Gasteiger partial charge in [0, 0.05) is 12.7 Å². The van der Waals surface area contributed by atoms with Crippen LogP contribution in [0.2, 0.25) is 0 Å². The molecular weight excluding hydrogens is 284 g/mol. The molecule has 4 rings (SSSR count). The number of hydrogen-bond donors (Lipinski definition) is 1. The fourth-order valence-electron chi connectivity index (χ4n) is 4.24. The molecule has 3 unspecified atom stereocenters. The normalized spacial score (nSPS) is 28.5. The molecule has 3 atom stereocenters. The zero-order valence-electron chi connectivity index (χ0n) is 12.2. The fraction of sp³-hybridized carbons (Fsp3) is 0.562. The van der Waals surface area contributed by atoms with E-state index in [4.69, 9.17) is 0 Å². The third-order valence-corrected chi connectivity index (χ3v) is 6.38. The maximum Gasteiger partial charge on any atom is 0.175 e. The second kappa shape index (κ2) is 4.57. The summed E-state index contributed by atoms with van der Waals surface area (Å²) < 4.78 is 23.2. The molecule has 0 radical (unpaired) electrons. The molecule has 112 valence electrons. The van der Waals surface area contributed by atoms with Crippen molar-refractivity contribution in [2.24, 2.45) is 17.8 Å². The van der Waals surface area contributed by atoms with Gasteiger partial charge in [0.2, 0.25) is 0 Å². The Morgan fingerprint density at radius 1 is 1.29 bits per heavy atom. The number of hydrogen-bond acceptors (Lipinski definition) is 3. The Hall–Kier alpha value is -1.36. The first-order chi connectivity index (χ1) is 9.99. The number of rotatable bonds is 3. The monoisotopic (exact) mass is 304 g/mol. The Labute approximate surface area is 124 Å². The average molecular weight is 304 g/mol. The van der Waals surface area contributed by atoms with Crippen LogP contribution < -0.4 is 0 Å². The van der Waals surface area contributed by atoms with Crippen molar-refractivity contribution in [2.75, 3.05) is 6.26 Å². The van der Waals surface area contributed by atoms with Gasteiger partial charge in [0.15, 0.2) is 9.84 Å². The van der Waals surface area contributed by atoms with E-state index in [-0.39, 0.29) is 0 Å². The number of aromatic nitrogens is 2. The van der Waals surface area contributed by atoms with Gasteiger partial charge >= 0.3 is 0 Å². The summed E-state index contributed by atoms with van der Waals surface area (Å²) in [4.78, 5) is 8.30. The number of imidazole rings is 1. The summed E-state index contributed by atoms with van der Waals surface area (Å²) in [5.74, 6) is 3.60. The van der Waals surface area contributed by atoms with Gasteiger partial charge in [0.1, 0.15) is 5.82 Å². The van der Waals surface area contributed by atoms with Gasteiger partial charge in [-0.3, -0.25) is 0 Å². The number of fused-ring (bicyclic) bond motifs is 3. The van der Waals surface area contributed by atoms with Gasteiger partial charge < -0.3 is 4.98 Å². The van der Waals surface area contributed by atoms with Gasteiger partial charge in [-0.15, -0.1) is 0 Å². The molecule has 2 bridgehead atoms. The molecule has 5 heteroatoms. The quantitative estimate of drug-likeness (QED) is 0.948. The van der Waals surface area contributed by atoms with Crippen LogP contribution in [0.1, 0.15) is 31.5 Å². The summed E-state index contributed by atoms with van der Waals surface area (Å²) >= 11 is 0. The number of H-pyrrole nitrogens is 1. The van der Waals surface area contributed by atoms with E-state index in [0.29, 0.717) is 4.90 Å². The lowest BCUT2D eigenvalue weighted by molar-refractivity contribution is 0.327. The summed E-state index contributed by atoms with van der Waals surface area (Å²) in [5, 5.41) is 0. The van der Waals surface area contributed by atoms with Gasteiger partial charge in [-0.1, -0.05) is 6.42 Å². The molecule has 0 spiro atoms. The summed E-state index contributed by atoms with van der Waals surface area (Å²) in [5.41, 5.74) is 1.69. The first-order valence-corrected chi connectivity index (χ1v) is 9.57. The lowest BCUT2D eigenvalue weighted by Crippen LogP contribution is -2.13. The minimum Gasteiger partial charge on any atom is -0.342 e. The fourth-order valence-corrected chi connectivity index (χ4v) is 4.89. The lowest BCUT2D eigenvalue weighted by atomic mass is 9.86. The summed E-state index contributed by atoms with van der Waals surface area (Å²) in [6.07, 6.45) is 7.79. The van der Waals surface area contributed by atoms with Crippen molar-refractivity contribution < 1.29 is 8.42 Å². The molecule has 0 aliphatic heterocycles. The molecule has 2 saturated carbocycles. The van der Waals surface area contributed by atoms with Crippen molar-refractivity contribution in [3.63, 3.8) is 0 Å². The number of aromatic amines is 1. The van der Waals surface area contributed by atoms with E-state index >= 15 is 0 Å². The lowest BCUT2D eigenvalue weighted by Gasteiger charge is -2.20. The third kappa shape index (κ3) is 2.37. The maximum atomic E-state index is 11.6. The molecule has 0 amide bonds. The SMILES string of the molecule is CS(=O)(=O)c1ccc2nc(CC3CC4CCC3C4)[nH]c2c1. The molecule has 4 nitrogen and oxygen atoms in total. The third-order valence-electron chi connectivity index (χ3n) is 5.27. The Morgan fingerprint density at radius 3 is 2.81 bits per heavy atom. The van der Waals surface area contributed by atoms with Crippen molar-refractivity contribution in [2.45, 2.75) is 37.0 Å². The molecule has 1 aromatic heterocycles. The number of sulfone groups is 1. The first-order valence-electron chi connectivity index (χ1n) is 7.68. The molecule has 2 aliphatic carbocycles. The molecular formula is C16H20N2O2S. The van der Waals surface area contributed by atoms with E-state index in [9.17, 15) is 8.42 Å². The largest absolute Gasteiger partial charge is 0.342 e. The smallest absolute Gasteiger partial charge is 0.175 e. The van der Waals surface area contributed by atoms with Gasteiger partial charge in [-0.05, 0) is 55.2 Å². The zero-order chi connectivity index (χ0) is 14.6. The van der Waals surface area contributed by atoms with E-state index in [1.807, 2.05) is 0 Å². The van der Waals surface area contributed by atoms with Gasteiger partial charge in [-0.25, -0.2) is 13.4 Å². The van der Waals surface area contributed by atoms with E-state index in [2.05, 4.69) is 9.97 Å². The van der Waals surface area contributed by atoms with Crippen LogP contribution in [0.3, 0.4) is 0 Å². The van der Waals surface area contributed by atoms with Crippen LogP contribution in [0.15, 0.2) is 23.1 Å². The van der Waals surface area contributed by atoms with Crippen molar-refractivity contribution in [3.05, 3.63) is 24.0 Å². The second-order valence-electron chi connectivity index (χ2n) is 6.77. The standard InChI is InChI=1S/C16H20N2O2S/c1-21(19,20)13-4-5-14-15(9-13)18-16(17-14)8-12-7-10-2-3-11(12)6-10/h4-5,9-12H,2-3,6-8H2,1H3,(H,17,18). The number of benzene rings is 1. The topological polar surface area (TPSA) is 62.8 Å². The summed E-state index contributed by atoms with van der Waals surface area (Å²) in [7, 11) is -3.16. The van der Waals surface area contributed by atoms with Gasteiger partial charge in [0.05, 0.1) is 15.9 Å². The van der Waals surface area contributed by atoms with Crippen molar-refractivity contribution in [1.29, 1.82) is 0 Å². The molecule has 2 fully saturated rings. The molecule has 2 aliphatic rings. The van der Waals surface area contributed by atoms with E-state index in [1.165, 1.54) is 31.9 Å². The minimum atomic E-state index is -3.16. The zero-order valence-corrected chi connectivity index (χ0v) is 13.0. The van der Waals surface area contributed by atoms with Gasteiger partial charge in [0.25, 0.3) is 0 Å². The molecule has 1 heterocycles. The van der Waals surface area contributed by atoms with Crippen LogP contribution in [0.4, 0.5) is 0 Å². The highest BCUT2D eigenvalue weighted by atomic mass is 32.2. The molecule has 2 aromatic rings. The number of nitrogens with zero attached hydrogens (tertiary/aromatic N) is 1. The van der Waals surface area contributed by atoms with E-state index in [1.54, 1.807) is 18.2 Å². The maximum absolute atomic E-state index is 11.6. The Morgan fingerprint density at radius 2 is 2.14 bits per heavy atom. The molecule has 1 aromatic carbocycles. The summed E-state index contributed by atoms with van der Waals surface area (Å²) in [6, 6.07) is 5.13. The molecule has 1 N–H and O–H groups in total. The molecule has 0 saturated heterocycles. The highest BCUT2D eigenvalue weighted by Gasteiger charge is 2.39. The van der Waals surface area contributed by atoms with Crippen molar-refractivity contribution in [1.82, 2.24) is 9.97 Å². The number of nitrogens with one attached hydrogen (secondary N) is 1. The van der Waals surface area contributed by atoms with Crippen LogP contribution in [0.5, 0.6) is 0 Å². The predicted molar refractivity (Wildman–Crippen MR) is 81.8 cm³/mol. The highest BCUT2D eigenvalue weighted by Crippen LogP contribution is 2.49. The van der Waals surface area contributed by atoms with Crippen LogP contribution in [0.25, 0.3) is 11.0 Å². The Bertz CT molecular complexity index is 794. The second-order valence-corrected chi connectivity index (χ2v) is 8.79. The average Bonchev–Trinajstić information content (AvgIpc) is 3.09. The Balaban J connectivity index is 1.62. The van der Waals surface area contributed by atoms with Gasteiger partial charge in [-0.2, -0.15) is 0 Å². The highest BCUT2D eigenvalue weighted by molar-refractivity contribution is 7.90. The van der Waals surface area contributed by atoms with E-state index < -0.39 is 9.84 Å². The Kier molecular flexibility index (Phi) is 2.89. The van der Waals surface area contributed by atoms with Crippen molar-refractivity contribution in [3.8, 4) is 0 Å². The van der Waals surface area contributed by atoms with Crippen LogP contribution in [-0.4, -0.2) is 24.6 Å². The van der Waals surface area contributed by atoms with Crippen LogP contribution in [-0.2, 0) is 16.3 Å². The first kappa shape index (κ1) is 13.3. The summed E-state index contributed by atoms with van der Waals surface area (Å²) in [6.45, 7) is 0. The molecule has 21 heavy (non-hydrogen) atoms. The van der Waals surface area contributed by atoms with E-state index in [0.717, 1.165) is 41.0 Å². The van der Waals surface area contributed by atoms with Crippen molar-refractivity contribution >= 4 is 20.9 Å². The predicted octanol–water partition coefficient (Wildman–Crippen LogP) is 2.95. The van der Waals surface area contributed by atoms with Crippen LogP contribution in [0, 0.1) is 17.8 Å².